The molecule has 29 heavy (non-hydrogen) atoms. The van der Waals surface area contributed by atoms with E-state index in [0.29, 0.717) is 21.1 Å². The highest BCUT2D eigenvalue weighted by Crippen LogP contribution is 2.38. The number of carbonyl (C=O) groups excluding carboxylic acids is 2. The van der Waals surface area contributed by atoms with Crippen LogP contribution in [0.3, 0.4) is 0 Å². The van der Waals surface area contributed by atoms with Crippen molar-refractivity contribution in [3.8, 4) is 5.75 Å². The van der Waals surface area contributed by atoms with Gasteiger partial charge in [0.05, 0.1) is 17.6 Å². The van der Waals surface area contributed by atoms with Gasteiger partial charge >= 0.3 is 0 Å². The highest BCUT2D eigenvalue weighted by molar-refractivity contribution is 7.17. The van der Waals surface area contributed by atoms with Crippen molar-refractivity contribution < 1.29 is 14.3 Å². The standard InChI is InChI=1S/C22H22N2O3S2/c1-27-15-11-9-14(10-12-15)23-21(26)19-16-6-3-2-4-7-17(16)29-22(19)24-20(25)18-8-5-13-28-18/h5,8-13H,2-4,6-7H2,1H3,(H,23,26)(H,24,25). The molecule has 1 aliphatic carbocycles. The zero-order valence-corrected chi connectivity index (χ0v) is 17.8. The molecule has 3 aromatic rings. The molecule has 0 radical (unpaired) electrons. The summed E-state index contributed by atoms with van der Waals surface area (Å²) in [6, 6.07) is 10.9. The van der Waals surface area contributed by atoms with E-state index in [4.69, 9.17) is 4.74 Å². The number of carbonyl (C=O) groups is 2. The second-order valence-electron chi connectivity index (χ2n) is 6.88. The van der Waals surface area contributed by atoms with Crippen molar-refractivity contribution in [2.24, 2.45) is 0 Å². The predicted molar refractivity (Wildman–Crippen MR) is 119 cm³/mol. The third kappa shape index (κ3) is 4.36. The number of benzene rings is 1. The Labute approximate surface area is 177 Å². The molecule has 0 fully saturated rings. The number of hydrogen-bond acceptors (Lipinski definition) is 5. The Morgan fingerprint density at radius 3 is 2.48 bits per heavy atom. The second-order valence-corrected chi connectivity index (χ2v) is 8.94. The predicted octanol–water partition coefficient (Wildman–Crippen LogP) is 5.59. The van der Waals surface area contributed by atoms with Crippen molar-refractivity contribution in [1.29, 1.82) is 0 Å². The first-order valence-corrected chi connectivity index (χ1v) is 11.3. The number of hydrogen-bond donors (Lipinski definition) is 2. The fourth-order valence-electron chi connectivity index (χ4n) is 3.51. The Bertz CT molecular complexity index is 1010. The summed E-state index contributed by atoms with van der Waals surface area (Å²) in [6.45, 7) is 0. The first-order valence-electron chi connectivity index (χ1n) is 9.60. The molecule has 5 nitrogen and oxygen atoms in total. The van der Waals surface area contributed by atoms with Gasteiger partial charge in [-0.2, -0.15) is 0 Å². The van der Waals surface area contributed by atoms with Crippen LogP contribution in [0.2, 0.25) is 0 Å². The van der Waals surface area contributed by atoms with Crippen LogP contribution in [0.15, 0.2) is 41.8 Å². The van der Waals surface area contributed by atoms with E-state index >= 15 is 0 Å². The van der Waals surface area contributed by atoms with E-state index in [2.05, 4.69) is 10.6 Å². The smallest absolute Gasteiger partial charge is 0.266 e. The molecule has 150 valence electrons. The molecule has 0 saturated carbocycles. The SMILES string of the molecule is COc1ccc(NC(=O)c2c(NC(=O)c3cccs3)sc3c2CCCCC3)cc1. The maximum Gasteiger partial charge on any atom is 0.266 e. The van der Waals surface area contributed by atoms with E-state index in [0.717, 1.165) is 43.4 Å². The average Bonchev–Trinajstić information content (AvgIpc) is 3.32. The van der Waals surface area contributed by atoms with Gasteiger partial charge in [-0.15, -0.1) is 22.7 Å². The Kier molecular flexibility index (Phi) is 5.97. The normalized spacial score (nSPS) is 13.3. The third-order valence-electron chi connectivity index (χ3n) is 4.97. The molecule has 0 atom stereocenters. The molecular formula is C22H22N2O3S2. The van der Waals surface area contributed by atoms with Crippen LogP contribution in [0.5, 0.6) is 5.75 Å². The van der Waals surface area contributed by atoms with Gasteiger partial charge in [-0.3, -0.25) is 9.59 Å². The molecule has 2 N–H and O–H groups in total. The fourth-order valence-corrected chi connectivity index (χ4v) is 5.41. The van der Waals surface area contributed by atoms with Crippen LogP contribution in [0.25, 0.3) is 0 Å². The number of nitrogens with one attached hydrogen (secondary N) is 2. The Balaban J connectivity index is 1.64. The van der Waals surface area contributed by atoms with E-state index in [1.807, 2.05) is 35.7 Å². The number of anilines is 2. The molecule has 0 saturated heterocycles. The minimum absolute atomic E-state index is 0.171. The summed E-state index contributed by atoms with van der Waals surface area (Å²) < 4.78 is 5.18. The van der Waals surface area contributed by atoms with Gasteiger partial charge in [0.1, 0.15) is 10.8 Å². The summed E-state index contributed by atoms with van der Waals surface area (Å²) in [6.07, 6.45) is 5.16. The summed E-state index contributed by atoms with van der Waals surface area (Å²) in [5, 5.41) is 8.47. The molecule has 2 aromatic heterocycles. The van der Waals surface area contributed by atoms with Crippen LogP contribution in [-0.2, 0) is 12.8 Å². The second kappa shape index (κ2) is 8.80. The largest absolute Gasteiger partial charge is 0.497 e. The molecule has 1 aromatic carbocycles. The Morgan fingerprint density at radius 2 is 1.76 bits per heavy atom. The van der Waals surface area contributed by atoms with Crippen LogP contribution < -0.4 is 15.4 Å². The van der Waals surface area contributed by atoms with Crippen molar-refractivity contribution in [2.75, 3.05) is 17.7 Å². The topological polar surface area (TPSA) is 67.4 Å². The monoisotopic (exact) mass is 426 g/mol. The Hall–Kier alpha value is -2.64. The molecule has 2 heterocycles. The van der Waals surface area contributed by atoms with Gasteiger partial charge in [0, 0.05) is 10.6 Å². The van der Waals surface area contributed by atoms with Crippen LogP contribution >= 0.6 is 22.7 Å². The van der Waals surface area contributed by atoms with Gasteiger partial charge in [0.2, 0.25) is 0 Å². The maximum absolute atomic E-state index is 13.2. The highest BCUT2D eigenvalue weighted by Gasteiger charge is 2.26. The first kappa shape index (κ1) is 19.7. The average molecular weight is 427 g/mol. The van der Waals surface area contributed by atoms with Crippen molar-refractivity contribution in [1.82, 2.24) is 0 Å². The van der Waals surface area contributed by atoms with E-state index in [1.54, 1.807) is 13.2 Å². The van der Waals surface area contributed by atoms with Crippen molar-refractivity contribution in [3.63, 3.8) is 0 Å². The Morgan fingerprint density at radius 1 is 0.966 bits per heavy atom. The van der Waals surface area contributed by atoms with Gasteiger partial charge in [-0.1, -0.05) is 12.5 Å². The number of fused-ring (bicyclic) bond motifs is 1. The van der Waals surface area contributed by atoms with Gasteiger partial charge in [-0.25, -0.2) is 0 Å². The van der Waals surface area contributed by atoms with E-state index in [1.165, 1.54) is 27.6 Å². The molecule has 0 bridgehead atoms. The number of rotatable bonds is 5. The van der Waals surface area contributed by atoms with Crippen molar-refractivity contribution in [2.45, 2.75) is 32.1 Å². The summed E-state index contributed by atoms with van der Waals surface area (Å²) >= 11 is 2.93. The third-order valence-corrected chi connectivity index (χ3v) is 7.04. The molecule has 7 heteroatoms. The first-order chi connectivity index (χ1) is 14.2. The number of ether oxygens (including phenoxy) is 1. The molecular weight excluding hydrogens is 404 g/mol. The summed E-state index contributed by atoms with van der Waals surface area (Å²) in [5.74, 6) is 0.377. The highest BCUT2D eigenvalue weighted by atomic mass is 32.1. The lowest BCUT2D eigenvalue weighted by Gasteiger charge is -2.10. The fraction of sp³-hybridized carbons (Fsp3) is 0.273. The lowest BCUT2D eigenvalue weighted by molar-refractivity contribution is 0.102. The van der Waals surface area contributed by atoms with Crippen molar-refractivity contribution in [3.05, 3.63) is 62.7 Å². The number of thiophene rings is 2. The van der Waals surface area contributed by atoms with Crippen LogP contribution in [0.1, 0.15) is 49.7 Å². The van der Waals surface area contributed by atoms with Gasteiger partial charge in [0.25, 0.3) is 11.8 Å². The zero-order chi connectivity index (χ0) is 20.2. The molecule has 0 unspecified atom stereocenters. The molecule has 0 spiro atoms. The minimum atomic E-state index is -0.184. The molecule has 0 aliphatic heterocycles. The van der Waals surface area contributed by atoms with Crippen LogP contribution in [0.4, 0.5) is 10.7 Å². The van der Waals surface area contributed by atoms with Crippen LogP contribution in [-0.4, -0.2) is 18.9 Å². The number of aryl methyl sites for hydroxylation is 1. The molecule has 1 aliphatic rings. The van der Waals surface area contributed by atoms with E-state index in [9.17, 15) is 9.59 Å². The summed E-state index contributed by atoms with van der Waals surface area (Å²) in [5.41, 5.74) is 2.38. The number of methoxy groups -OCH3 is 1. The minimum Gasteiger partial charge on any atom is -0.497 e. The number of amides is 2. The van der Waals surface area contributed by atoms with Gasteiger partial charge in [0.15, 0.2) is 0 Å². The van der Waals surface area contributed by atoms with Gasteiger partial charge in [-0.05, 0) is 67.0 Å². The maximum atomic E-state index is 13.2. The van der Waals surface area contributed by atoms with Gasteiger partial charge < -0.3 is 15.4 Å². The quantitative estimate of drug-likeness (QED) is 0.523. The summed E-state index contributed by atoms with van der Waals surface area (Å²) in [4.78, 5) is 27.7. The molecule has 2 amide bonds. The lowest BCUT2D eigenvalue weighted by Crippen LogP contribution is -2.17. The zero-order valence-electron chi connectivity index (χ0n) is 16.1. The van der Waals surface area contributed by atoms with Crippen LogP contribution in [0, 0.1) is 0 Å². The van der Waals surface area contributed by atoms with Crippen molar-refractivity contribution >= 4 is 45.2 Å². The summed E-state index contributed by atoms with van der Waals surface area (Å²) in [7, 11) is 1.61. The molecule has 4 rings (SSSR count). The van der Waals surface area contributed by atoms with E-state index < -0.39 is 0 Å². The van der Waals surface area contributed by atoms with E-state index in [-0.39, 0.29) is 11.8 Å². The lowest BCUT2D eigenvalue weighted by atomic mass is 10.0.